The van der Waals surface area contributed by atoms with E-state index in [2.05, 4.69) is 36.0 Å². The Balaban J connectivity index is 1.93. The van der Waals surface area contributed by atoms with E-state index in [1.54, 1.807) is 12.1 Å². The first-order valence-electron chi connectivity index (χ1n) is 7.93. The highest BCUT2D eigenvalue weighted by atomic mass is 19.1. The van der Waals surface area contributed by atoms with Crippen LogP contribution in [0.15, 0.2) is 24.3 Å². The molecule has 1 aromatic rings. The molecular weight excluding hydrogens is 281 g/mol. The van der Waals surface area contributed by atoms with Crippen LogP contribution in [0.2, 0.25) is 0 Å². The average molecular weight is 307 g/mol. The lowest BCUT2D eigenvalue weighted by Gasteiger charge is -2.39. The standard InChI is InChI=1S/C17H26FN3O/c1-13(2)16(21-9-7-20(3)8-10-21)12-19-17(22)14-5-4-6-15(18)11-14/h4-6,11,13,16H,7-10,12H2,1-3H3,(H,19,22). The van der Waals surface area contributed by atoms with Crippen LogP contribution < -0.4 is 5.32 Å². The number of benzene rings is 1. The van der Waals surface area contributed by atoms with E-state index in [1.165, 1.54) is 12.1 Å². The highest BCUT2D eigenvalue weighted by Gasteiger charge is 2.25. The Morgan fingerprint density at radius 3 is 2.55 bits per heavy atom. The van der Waals surface area contributed by atoms with E-state index in [0.717, 1.165) is 26.2 Å². The fourth-order valence-corrected chi connectivity index (χ4v) is 2.87. The fraction of sp³-hybridized carbons (Fsp3) is 0.588. The number of rotatable bonds is 5. The van der Waals surface area contributed by atoms with Crippen molar-refractivity contribution in [2.24, 2.45) is 5.92 Å². The molecule has 1 aromatic carbocycles. The molecule has 0 spiro atoms. The van der Waals surface area contributed by atoms with Crippen molar-refractivity contribution in [3.8, 4) is 0 Å². The summed E-state index contributed by atoms with van der Waals surface area (Å²) in [4.78, 5) is 16.9. The highest BCUT2D eigenvalue weighted by molar-refractivity contribution is 5.94. The molecule has 0 aliphatic carbocycles. The van der Waals surface area contributed by atoms with Crippen molar-refractivity contribution < 1.29 is 9.18 Å². The number of carbonyl (C=O) groups excluding carboxylic acids is 1. The van der Waals surface area contributed by atoms with E-state index in [9.17, 15) is 9.18 Å². The van der Waals surface area contributed by atoms with Crippen LogP contribution in [-0.4, -0.2) is 61.5 Å². The predicted molar refractivity (Wildman–Crippen MR) is 86.4 cm³/mol. The van der Waals surface area contributed by atoms with Crippen molar-refractivity contribution in [2.45, 2.75) is 19.9 Å². The minimum atomic E-state index is -0.382. The van der Waals surface area contributed by atoms with Crippen molar-refractivity contribution in [1.82, 2.24) is 15.1 Å². The lowest BCUT2D eigenvalue weighted by Crippen LogP contribution is -2.54. The van der Waals surface area contributed by atoms with Crippen molar-refractivity contribution in [3.63, 3.8) is 0 Å². The molecule has 1 N–H and O–H groups in total. The fourth-order valence-electron chi connectivity index (χ4n) is 2.87. The molecule has 122 valence electrons. The minimum Gasteiger partial charge on any atom is -0.350 e. The normalized spacial score (nSPS) is 18.4. The van der Waals surface area contributed by atoms with Gasteiger partial charge in [-0.2, -0.15) is 0 Å². The Bertz CT molecular complexity index is 498. The second kappa shape index (κ2) is 7.70. The summed E-state index contributed by atoms with van der Waals surface area (Å²) in [5, 5.41) is 2.96. The summed E-state index contributed by atoms with van der Waals surface area (Å²) < 4.78 is 13.2. The van der Waals surface area contributed by atoms with Gasteiger partial charge in [-0.25, -0.2) is 4.39 Å². The lowest BCUT2D eigenvalue weighted by atomic mass is 10.0. The molecule has 1 heterocycles. The number of nitrogens with zero attached hydrogens (tertiary/aromatic N) is 2. The molecule has 1 saturated heterocycles. The number of nitrogens with one attached hydrogen (secondary N) is 1. The van der Waals surface area contributed by atoms with Crippen molar-refractivity contribution in [3.05, 3.63) is 35.6 Å². The Morgan fingerprint density at radius 1 is 1.27 bits per heavy atom. The maximum atomic E-state index is 13.2. The van der Waals surface area contributed by atoms with E-state index >= 15 is 0 Å². The second-order valence-corrected chi connectivity index (χ2v) is 6.37. The van der Waals surface area contributed by atoms with Crippen LogP contribution in [0, 0.1) is 11.7 Å². The molecule has 1 amide bonds. The molecule has 1 unspecified atom stereocenters. The Hall–Kier alpha value is -1.46. The maximum absolute atomic E-state index is 13.2. The highest BCUT2D eigenvalue weighted by Crippen LogP contribution is 2.13. The van der Waals surface area contributed by atoms with Crippen molar-refractivity contribution in [2.75, 3.05) is 39.8 Å². The summed E-state index contributed by atoms with van der Waals surface area (Å²) >= 11 is 0. The predicted octanol–water partition coefficient (Wildman–Crippen LogP) is 1.83. The van der Waals surface area contributed by atoms with Gasteiger partial charge in [-0.1, -0.05) is 19.9 Å². The maximum Gasteiger partial charge on any atom is 0.251 e. The monoisotopic (exact) mass is 307 g/mol. The van der Waals surface area contributed by atoms with Crippen LogP contribution in [0.3, 0.4) is 0 Å². The molecule has 0 radical (unpaired) electrons. The Kier molecular flexibility index (Phi) is 5.91. The number of hydrogen-bond acceptors (Lipinski definition) is 3. The average Bonchev–Trinajstić information content (AvgIpc) is 2.48. The van der Waals surface area contributed by atoms with Gasteiger partial charge < -0.3 is 10.2 Å². The van der Waals surface area contributed by atoms with E-state index in [-0.39, 0.29) is 11.7 Å². The molecule has 1 fully saturated rings. The largest absolute Gasteiger partial charge is 0.350 e. The van der Waals surface area contributed by atoms with Crippen LogP contribution in [0.25, 0.3) is 0 Å². The molecule has 1 aliphatic heterocycles. The first kappa shape index (κ1) is 16.9. The van der Waals surface area contributed by atoms with Gasteiger partial charge in [-0.05, 0) is 31.2 Å². The first-order valence-corrected chi connectivity index (χ1v) is 7.93. The molecule has 1 atom stereocenters. The Labute approximate surface area is 132 Å². The third-order valence-corrected chi connectivity index (χ3v) is 4.33. The van der Waals surface area contributed by atoms with Crippen LogP contribution in [0.5, 0.6) is 0 Å². The zero-order valence-electron chi connectivity index (χ0n) is 13.7. The van der Waals surface area contributed by atoms with Gasteiger partial charge in [0.25, 0.3) is 5.91 Å². The smallest absolute Gasteiger partial charge is 0.251 e. The molecule has 5 heteroatoms. The molecule has 1 aliphatic rings. The molecule has 2 rings (SSSR count). The quantitative estimate of drug-likeness (QED) is 0.901. The van der Waals surface area contributed by atoms with Crippen molar-refractivity contribution >= 4 is 5.91 Å². The lowest BCUT2D eigenvalue weighted by molar-refractivity contribution is 0.0790. The van der Waals surface area contributed by atoms with Gasteiger partial charge in [-0.3, -0.25) is 9.69 Å². The molecule has 0 saturated carbocycles. The number of amides is 1. The molecule has 0 bridgehead atoms. The number of halogens is 1. The van der Waals surface area contributed by atoms with Crippen LogP contribution >= 0.6 is 0 Å². The number of hydrogen-bond donors (Lipinski definition) is 1. The van der Waals surface area contributed by atoms with E-state index in [0.29, 0.717) is 24.1 Å². The summed E-state index contributed by atoms with van der Waals surface area (Å²) in [6, 6.07) is 6.13. The van der Waals surface area contributed by atoms with E-state index in [4.69, 9.17) is 0 Å². The minimum absolute atomic E-state index is 0.209. The molecular formula is C17H26FN3O. The second-order valence-electron chi connectivity index (χ2n) is 6.37. The first-order chi connectivity index (χ1) is 10.5. The zero-order chi connectivity index (χ0) is 16.1. The topological polar surface area (TPSA) is 35.6 Å². The zero-order valence-corrected chi connectivity index (χ0v) is 13.7. The summed E-state index contributed by atoms with van der Waals surface area (Å²) in [6.07, 6.45) is 0. The number of likely N-dealkylation sites (N-methyl/N-ethyl adjacent to an activating group) is 1. The van der Waals surface area contributed by atoms with Gasteiger partial charge in [0.05, 0.1) is 0 Å². The third-order valence-electron chi connectivity index (χ3n) is 4.33. The van der Waals surface area contributed by atoms with Gasteiger partial charge in [0.1, 0.15) is 5.82 Å². The van der Waals surface area contributed by atoms with E-state index in [1.807, 2.05) is 0 Å². The molecule has 4 nitrogen and oxygen atoms in total. The number of piperazine rings is 1. The SMILES string of the molecule is CC(C)C(CNC(=O)c1cccc(F)c1)N1CCN(C)CC1. The molecule has 0 aromatic heterocycles. The van der Waals surface area contributed by atoms with Gasteiger partial charge in [-0.15, -0.1) is 0 Å². The van der Waals surface area contributed by atoms with Gasteiger partial charge in [0.15, 0.2) is 0 Å². The summed E-state index contributed by atoms with van der Waals surface area (Å²) in [5.74, 6) is -0.136. The van der Waals surface area contributed by atoms with Crippen LogP contribution in [0.1, 0.15) is 24.2 Å². The van der Waals surface area contributed by atoms with Gasteiger partial charge in [0, 0.05) is 44.3 Å². The van der Waals surface area contributed by atoms with Gasteiger partial charge in [0.2, 0.25) is 0 Å². The van der Waals surface area contributed by atoms with E-state index < -0.39 is 0 Å². The summed E-state index contributed by atoms with van der Waals surface area (Å²) in [5.41, 5.74) is 0.376. The van der Waals surface area contributed by atoms with Gasteiger partial charge >= 0.3 is 0 Å². The Morgan fingerprint density at radius 2 is 1.95 bits per heavy atom. The van der Waals surface area contributed by atoms with Crippen LogP contribution in [0.4, 0.5) is 4.39 Å². The summed E-state index contributed by atoms with van der Waals surface area (Å²) in [7, 11) is 2.13. The van der Waals surface area contributed by atoms with Crippen molar-refractivity contribution in [1.29, 1.82) is 0 Å². The summed E-state index contributed by atoms with van der Waals surface area (Å²) in [6.45, 7) is 9.11. The molecule has 22 heavy (non-hydrogen) atoms. The third kappa shape index (κ3) is 4.52. The van der Waals surface area contributed by atoms with Crippen LogP contribution in [-0.2, 0) is 0 Å². The number of carbonyl (C=O) groups is 1.